The highest BCUT2D eigenvalue weighted by Crippen LogP contribution is 2.36. The van der Waals surface area contributed by atoms with Crippen molar-refractivity contribution in [2.75, 3.05) is 24.3 Å². The van der Waals surface area contributed by atoms with Crippen molar-refractivity contribution in [2.24, 2.45) is 0 Å². The molecule has 0 aromatic heterocycles. The van der Waals surface area contributed by atoms with Crippen LogP contribution in [0.15, 0.2) is 36.4 Å². The quantitative estimate of drug-likeness (QED) is 0.840. The van der Waals surface area contributed by atoms with E-state index >= 15 is 0 Å². The lowest BCUT2D eigenvalue weighted by Crippen LogP contribution is -2.17. The van der Waals surface area contributed by atoms with Gasteiger partial charge in [-0.2, -0.15) is 13.2 Å². The number of halogens is 4. The Balaban J connectivity index is 2.32. The first-order valence-electron chi connectivity index (χ1n) is 7.05. The summed E-state index contributed by atoms with van der Waals surface area (Å²) in [6, 6.07) is 8.18. The van der Waals surface area contributed by atoms with Crippen molar-refractivity contribution >= 4 is 28.9 Å². The van der Waals surface area contributed by atoms with Crippen molar-refractivity contribution in [3.8, 4) is 0 Å². The molecule has 0 aliphatic heterocycles. The van der Waals surface area contributed by atoms with E-state index in [1.165, 1.54) is 6.07 Å². The van der Waals surface area contributed by atoms with Gasteiger partial charge >= 0.3 is 6.18 Å². The van der Waals surface area contributed by atoms with E-state index in [9.17, 15) is 18.0 Å². The van der Waals surface area contributed by atoms with Crippen molar-refractivity contribution in [3.05, 3.63) is 58.1 Å². The van der Waals surface area contributed by atoms with Gasteiger partial charge in [-0.3, -0.25) is 4.79 Å². The molecule has 2 aromatic rings. The molecular formula is C17H16ClF3N2O. The van der Waals surface area contributed by atoms with Crippen molar-refractivity contribution in [2.45, 2.75) is 13.1 Å². The molecule has 0 saturated carbocycles. The summed E-state index contributed by atoms with van der Waals surface area (Å²) >= 11 is 5.63. The van der Waals surface area contributed by atoms with E-state index in [2.05, 4.69) is 5.32 Å². The number of alkyl halides is 3. The number of anilines is 2. The fraction of sp³-hybridized carbons (Fsp3) is 0.235. The highest BCUT2D eigenvalue weighted by molar-refractivity contribution is 6.30. The Morgan fingerprint density at radius 1 is 1.12 bits per heavy atom. The van der Waals surface area contributed by atoms with E-state index in [0.29, 0.717) is 0 Å². The van der Waals surface area contributed by atoms with Crippen LogP contribution in [-0.2, 0) is 6.18 Å². The van der Waals surface area contributed by atoms with Crippen LogP contribution in [-0.4, -0.2) is 20.0 Å². The van der Waals surface area contributed by atoms with E-state index in [4.69, 9.17) is 11.6 Å². The predicted molar refractivity (Wildman–Crippen MR) is 89.9 cm³/mol. The highest BCUT2D eigenvalue weighted by Gasteiger charge is 2.34. The van der Waals surface area contributed by atoms with E-state index in [-0.39, 0.29) is 16.3 Å². The van der Waals surface area contributed by atoms with Crippen LogP contribution in [0.1, 0.15) is 21.5 Å². The monoisotopic (exact) mass is 356 g/mol. The number of carbonyl (C=O) groups excluding carboxylic acids is 1. The molecule has 2 rings (SSSR count). The Hall–Kier alpha value is -2.21. The van der Waals surface area contributed by atoms with Crippen LogP contribution >= 0.6 is 11.6 Å². The van der Waals surface area contributed by atoms with Crippen molar-refractivity contribution < 1.29 is 18.0 Å². The molecule has 0 aliphatic carbocycles. The van der Waals surface area contributed by atoms with Crippen LogP contribution in [0.5, 0.6) is 0 Å². The average molecular weight is 357 g/mol. The summed E-state index contributed by atoms with van der Waals surface area (Å²) in [5, 5.41) is 2.26. The van der Waals surface area contributed by atoms with Gasteiger partial charge in [0.2, 0.25) is 0 Å². The summed E-state index contributed by atoms with van der Waals surface area (Å²) in [5.41, 5.74) is 0.742. The van der Waals surface area contributed by atoms with Gasteiger partial charge in [0.1, 0.15) is 0 Å². The molecule has 0 atom stereocenters. The van der Waals surface area contributed by atoms with Gasteiger partial charge in [-0.25, -0.2) is 0 Å². The second kappa shape index (κ2) is 6.73. The highest BCUT2D eigenvalue weighted by atomic mass is 35.5. The molecule has 24 heavy (non-hydrogen) atoms. The second-order valence-electron chi connectivity index (χ2n) is 5.54. The topological polar surface area (TPSA) is 32.3 Å². The number of carbonyl (C=O) groups is 1. The zero-order valence-electron chi connectivity index (χ0n) is 13.3. The SMILES string of the molecule is Cc1cc(C(=O)Nc2ccc(Cl)cc2C(F)(F)F)ccc1N(C)C. The number of hydrogen-bond donors (Lipinski definition) is 1. The van der Waals surface area contributed by atoms with Gasteiger partial charge in [0.05, 0.1) is 11.3 Å². The Morgan fingerprint density at radius 2 is 1.79 bits per heavy atom. The maximum absolute atomic E-state index is 13.1. The zero-order chi connectivity index (χ0) is 18.1. The summed E-state index contributed by atoms with van der Waals surface area (Å²) in [5.74, 6) is -0.615. The van der Waals surface area contributed by atoms with E-state index in [1.807, 2.05) is 25.9 Å². The van der Waals surface area contributed by atoms with Gasteiger partial charge in [-0.1, -0.05) is 11.6 Å². The third kappa shape index (κ3) is 4.00. The third-order valence-electron chi connectivity index (χ3n) is 3.48. The number of nitrogens with one attached hydrogen (secondary N) is 1. The van der Waals surface area contributed by atoms with Gasteiger partial charge in [-0.15, -0.1) is 0 Å². The van der Waals surface area contributed by atoms with Crippen LogP contribution < -0.4 is 10.2 Å². The molecule has 0 bridgehead atoms. The largest absolute Gasteiger partial charge is 0.418 e. The maximum Gasteiger partial charge on any atom is 0.418 e. The van der Waals surface area contributed by atoms with Crippen molar-refractivity contribution in [1.29, 1.82) is 0 Å². The molecule has 128 valence electrons. The standard InChI is InChI=1S/C17H16ClF3N2O/c1-10-8-11(4-7-15(10)23(2)3)16(24)22-14-6-5-12(18)9-13(14)17(19,20)21/h4-9H,1-3H3,(H,22,24). The van der Waals surface area contributed by atoms with Crippen LogP contribution in [0, 0.1) is 6.92 Å². The normalized spacial score (nSPS) is 11.3. The number of hydrogen-bond acceptors (Lipinski definition) is 2. The minimum Gasteiger partial charge on any atom is -0.377 e. The first-order chi connectivity index (χ1) is 11.1. The Bertz CT molecular complexity index is 773. The average Bonchev–Trinajstić information content (AvgIpc) is 2.47. The molecule has 2 aromatic carbocycles. The molecule has 7 heteroatoms. The van der Waals surface area contributed by atoms with Crippen molar-refractivity contribution in [3.63, 3.8) is 0 Å². The summed E-state index contributed by atoms with van der Waals surface area (Å²) < 4.78 is 39.2. The molecule has 1 amide bonds. The number of benzene rings is 2. The van der Waals surface area contributed by atoms with Crippen molar-refractivity contribution in [1.82, 2.24) is 0 Å². The van der Waals surface area contributed by atoms with Crippen LogP contribution in [0.2, 0.25) is 5.02 Å². The summed E-state index contributed by atoms with van der Waals surface area (Å²) in [6.45, 7) is 1.83. The number of nitrogens with zero attached hydrogens (tertiary/aromatic N) is 1. The summed E-state index contributed by atoms with van der Waals surface area (Å²) in [4.78, 5) is 14.2. The fourth-order valence-corrected chi connectivity index (χ4v) is 2.53. The summed E-state index contributed by atoms with van der Waals surface area (Å²) in [7, 11) is 3.73. The molecule has 0 saturated heterocycles. The van der Waals surface area contributed by atoms with Crippen LogP contribution in [0.4, 0.5) is 24.5 Å². The number of aryl methyl sites for hydroxylation is 1. The smallest absolute Gasteiger partial charge is 0.377 e. The molecular weight excluding hydrogens is 341 g/mol. The molecule has 0 heterocycles. The van der Waals surface area contributed by atoms with Crippen LogP contribution in [0.25, 0.3) is 0 Å². The molecule has 0 fully saturated rings. The first-order valence-corrected chi connectivity index (χ1v) is 7.43. The lowest BCUT2D eigenvalue weighted by atomic mass is 10.1. The van der Waals surface area contributed by atoms with E-state index in [1.54, 1.807) is 18.2 Å². The first kappa shape index (κ1) is 18.1. The minimum absolute atomic E-state index is 0.0495. The lowest BCUT2D eigenvalue weighted by molar-refractivity contribution is -0.136. The van der Waals surface area contributed by atoms with Gasteiger partial charge in [0.25, 0.3) is 5.91 Å². The third-order valence-corrected chi connectivity index (χ3v) is 3.71. The van der Waals surface area contributed by atoms with E-state index < -0.39 is 17.6 Å². The number of amides is 1. The maximum atomic E-state index is 13.1. The summed E-state index contributed by atoms with van der Waals surface area (Å²) in [6.07, 6.45) is -4.61. The fourth-order valence-electron chi connectivity index (χ4n) is 2.35. The molecule has 0 radical (unpaired) electrons. The Labute approximate surface area is 143 Å². The minimum atomic E-state index is -4.61. The zero-order valence-corrected chi connectivity index (χ0v) is 14.1. The molecule has 0 spiro atoms. The van der Waals surface area contributed by atoms with Gasteiger partial charge in [0.15, 0.2) is 0 Å². The van der Waals surface area contributed by atoms with Crippen LogP contribution in [0.3, 0.4) is 0 Å². The lowest BCUT2D eigenvalue weighted by Gasteiger charge is -2.17. The Morgan fingerprint density at radius 3 is 2.33 bits per heavy atom. The molecule has 0 unspecified atom stereocenters. The predicted octanol–water partition coefficient (Wildman–Crippen LogP) is 4.99. The molecule has 3 nitrogen and oxygen atoms in total. The van der Waals surface area contributed by atoms with E-state index in [0.717, 1.165) is 23.4 Å². The van der Waals surface area contributed by atoms with Gasteiger partial charge < -0.3 is 10.2 Å². The Kier molecular flexibility index (Phi) is 5.08. The second-order valence-corrected chi connectivity index (χ2v) is 5.97. The number of rotatable bonds is 3. The van der Waals surface area contributed by atoms with Gasteiger partial charge in [0, 0.05) is 30.4 Å². The van der Waals surface area contributed by atoms with Gasteiger partial charge in [-0.05, 0) is 48.9 Å². The molecule has 0 aliphatic rings. The molecule has 1 N–H and O–H groups in total.